The van der Waals surface area contributed by atoms with Gasteiger partial charge in [0.05, 0.1) is 6.61 Å². The zero-order chi connectivity index (χ0) is 16.9. The molecule has 23 heavy (non-hydrogen) atoms. The van der Waals surface area contributed by atoms with Gasteiger partial charge in [-0.15, -0.1) is 0 Å². The van der Waals surface area contributed by atoms with Crippen molar-refractivity contribution in [2.75, 3.05) is 13.2 Å². The monoisotopic (exact) mass is 320 g/mol. The van der Waals surface area contributed by atoms with Gasteiger partial charge in [-0.3, -0.25) is 4.79 Å². The number of aliphatic hydroxyl groups excluding tert-OH is 1. The summed E-state index contributed by atoms with van der Waals surface area (Å²) in [6.07, 6.45) is 6.10. The molecule has 0 heterocycles. The number of benzene rings is 1. The molecule has 0 radical (unpaired) electrons. The molecule has 0 spiro atoms. The third-order valence-electron chi connectivity index (χ3n) is 4.42. The zero-order valence-electron chi connectivity index (χ0n) is 14.7. The predicted octanol–water partition coefficient (Wildman–Crippen LogP) is 4.69. The van der Waals surface area contributed by atoms with Crippen LogP contribution in [0.15, 0.2) is 30.3 Å². The Morgan fingerprint density at radius 1 is 1.17 bits per heavy atom. The maximum absolute atomic E-state index is 11.7. The first kappa shape index (κ1) is 19.7. The summed E-state index contributed by atoms with van der Waals surface area (Å²) in [7, 11) is 0. The summed E-state index contributed by atoms with van der Waals surface area (Å²) in [6.45, 7) is 5.19. The number of unbranched alkanes of at least 4 members (excludes halogenated alkanes) is 2. The van der Waals surface area contributed by atoms with Crippen molar-refractivity contribution in [1.29, 1.82) is 0 Å². The molecule has 0 aliphatic heterocycles. The van der Waals surface area contributed by atoms with Crippen molar-refractivity contribution in [3.8, 4) is 0 Å². The van der Waals surface area contributed by atoms with Crippen molar-refractivity contribution < 1.29 is 14.6 Å². The molecule has 2 unspecified atom stereocenters. The minimum absolute atomic E-state index is 0.113. The van der Waals surface area contributed by atoms with Crippen LogP contribution in [-0.2, 0) is 9.53 Å². The molecule has 130 valence electrons. The third-order valence-corrected chi connectivity index (χ3v) is 4.42. The molecular weight excluding hydrogens is 288 g/mol. The molecule has 0 aromatic heterocycles. The number of hydrogen-bond acceptors (Lipinski definition) is 3. The molecule has 1 aromatic rings. The van der Waals surface area contributed by atoms with Crippen LogP contribution in [0.3, 0.4) is 0 Å². The Labute approximate surface area is 141 Å². The van der Waals surface area contributed by atoms with Crippen LogP contribution < -0.4 is 0 Å². The number of ether oxygens (including phenoxy) is 1. The highest BCUT2D eigenvalue weighted by Crippen LogP contribution is 2.28. The van der Waals surface area contributed by atoms with Crippen LogP contribution in [0.25, 0.3) is 0 Å². The zero-order valence-corrected chi connectivity index (χ0v) is 14.7. The smallest absolute Gasteiger partial charge is 0.305 e. The van der Waals surface area contributed by atoms with E-state index in [0.29, 0.717) is 24.9 Å². The first-order valence-corrected chi connectivity index (χ1v) is 8.98. The summed E-state index contributed by atoms with van der Waals surface area (Å²) in [5, 5.41) is 8.72. The second-order valence-electron chi connectivity index (χ2n) is 6.40. The molecule has 0 aliphatic carbocycles. The highest BCUT2D eigenvalue weighted by molar-refractivity contribution is 5.69. The molecule has 3 heteroatoms. The summed E-state index contributed by atoms with van der Waals surface area (Å²) in [4.78, 5) is 11.7. The van der Waals surface area contributed by atoms with Gasteiger partial charge in [-0.05, 0) is 43.1 Å². The van der Waals surface area contributed by atoms with E-state index in [9.17, 15) is 4.79 Å². The SMILES string of the molecule is CCC(C)CC(CCOC(=O)CCCCCO)c1ccccc1. The molecule has 1 rings (SSSR count). The van der Waals surface area contributed by atoms with Gasteiger partial charge in [-0.2, -0.15) is 0 Å². The number of carbonyl (C=O) groups is 1. The van der Waals surface area contributed by atoms with E-state index in [0.717, 1.165) is 32.1 Å². The van der Waals surface area contributed by atoms with Crippen molar-refractivity contribution in [3.05, 3.63) is 35.9 Å². The maximum atomic E-state index is 11.7. The molecule has 0 aliphatic rings. The fraction of sp³-hybridized carbons (Fsp3) is 0.650. The van der Waals surface area contributed by atoms with Crippen molar-refractivity contribution >= 4 is 5.97 Å². The number of carbonyl (C=O) groups excluding carboxylic acids is 1. The Kier molecular flexibility index (Phi) is 10.4. The van der Waals surface area contributed by atoms with E-state index in [4.69, 9.17) is 9.84 Å². The van der Waals surface area contributed by atoms with Crippen LogP contribution in [0.2, 0.25) is 0 Å². The molecule has 3 nitrogen and oxygen atoms in total. The van der Waals surface area contributed by atoms with Gasteiger partial charge in [-0.1, -0.05) is 57.0 Å². The summed E-state index contributed by atoms with van der Waals surface area (Å²) >= 11 is 0. The van der Waals surface area contributed by atoms with E-state index >= 15 is 0 Å². The first-order valence-electron chi connectivity index (χ1n) is 8.98. The number of rotatable bonds is 12. The Morgan fingerprint density at radius 3 is 2.57 bits per heavy atom. The standard InChI is InChI=1S/C20H32O3/c1-3-17(2)16-19(18-10-6-4-7-11-18)13-15-23-20(22)12-8-5-9-14-21/h4,6-7,10-11,17,19,21H,3,5,8-9,12-16H2,1-2H3. The van der Waals surface area contributed by atoms with Crippen LogP contribution in [0.1, 0.15) is 70.3 Å². The quantitative estimate of drug-likeness (QED) is 0.449. The van der Waals surface area contributed by atoms with E-state index in [1.54, 1.807) is 0 Å². The van der Waals surface area contributed by atoms with Gasteiger partial charge >= 0.3 is 5.97 Å². The lowest BCUT2D eigenvalue weighted by molar-refractivity contribution is -0.144. The van der Waals surface area contributed by atoms with Gasteiger partial charge in [0.1, 0.15) is 0 Å². The second kappa shape index (κ2) is 12.1. The summed E-state index contributed by atoms with van der Waals surface area (Å²) < 4.78 is 5.39. The maximum Gasteiger partial charge on any atom is 0.305 e. The summed E-state index contributed by atoms with van der Waals surface area (Å²) in [5.41, 5.74) is 1.34. The van der Waals surface area contributed by atoms with Crippen molar-refractivity contribution in [2.45, 2.75) is 64.7 Å². The molecular formula is C20H32O3. The van der Waals surface area contributed by atoms with Gasteiger partial charge < -0.3 is 9.84 Å². The molecule has 2 atom stereocenters. The fourth-order valence-electron chi connectivity index (χ4n) is 2.74. The van der Waals surface area contributed by atoms with Crippen molar-refractivity contribution in [2.24, 2.45) is 5.92 Å². The van der Waals surface area contributed by atoms with E-state index in [-0.39, 0.29) is 12.6 Å². The van der Waals surface area contributed by atoms with Crippen LogP contribution in [0.5, 0.6) is 0 Å². The largest absolute Gasteiger partial charge is 0.466 e. The molecule has 0 saturated heterocycles. The lowest BCUT2D eigenvalue weighted by Crippen LogP contribution is -2.11. The molecule has 0 amide bonds. The normalized spacial score (nSPS) is 13.5. The molecule has 1 N–H and O–H groups in total. The number of esters is 1. The van der Waals surface area contributed by atoms with Crippen LogP contribution >= 0.6 is 0 Å². The van der Waals surface area contributed by atoms with Crippen LogP contribution in [0, 0.1) is 5.92 Å². The van der Waals surface area contributed by atoms with E-state index < -0.39 is 0 Å². The van der Waals surface area contributed by atoms with Gasteiger partial charge in [-0.25, -0.2) is 0 Å². The van der Waals surface area contributed by atoms with E-state index in [2.05, 4.69) is 38.1 Å². The Bertz CT molecular complexity index is 416. The minimum atomic E-state index is -0.113. The minimum Gasteiger partial charge on any atom is -0.466 e. The van der Waals surface area contributed by atoms with Gasteiger partial charge in [0.2, 0.25) is 0 Å². The average molecular weight is 320 g/mol. The van der Waals surface area contributed by atoms with Crippen LogP contribution in [0.4, 0.5) is 0 Å². The van der Waals surface area contributed by atoms with Gasteiger partial charge in [0.25, 0.3) is 0 Å². The van der Waals surface area contributed by atoms with Crippen LogP contribution in [-0.4, -0.2) is 24.3 Å². The first-order chi connectivity index (χ1) is 11.2. The van der Waals surface area contributed by atoms with Gasteiger partial charge in [0, 0.05) is 13.0 Å². The van der Waals surface area contributed by atoms with E-state index in [1.165, 1.54) is 12.0 Å². The Hall–Kier alpha value is -1.35. The number of hydrogen-bond donors (Lipinski definition) is 1. The Balaban J connectivity index is 2.38. The molecule has 0 bridgehead atoms. The highest BCUT2D eigenvalue weighted by Gasteiger charge is 2.15. The topological polar surface area (TPSA) is 46.5 Å². The van der Waals surface area contributed by atoms with Crippen molar-refractivity contribution in [1.82, 2.24) is 0 Å². The fourth-order valence-corrected chi connectivity index (χ4v) is 2.74. The molecule has 0 saturated carbocycles. The average Bonchev–Trinajstić information content (AvgIpc) is 2.58. The highest BCUT2D eigenvalue weighted by atomic mass is 16.5. The second-order valence-corrected chi connectivity index (χ2v) is 6.40. The third kappa shape index (κ3) is 8.75. The van der Waals surface area contributed by atoms with Gasteiger partial charge in [0.15, 0.2) is 0 Å². The number of aliphatic hydroxyl groups is 1. The molecule has 0 fully saturated rings. The van der Waals surface area contributed by atoms with E-state index in [1.807, 2.05) is 6.07 Å². The lowest BCUT2D eigenvalue weighted by atomic mass is 9.86. The summed E-state index contributed by atoms with van der Waals surface area (Å²) in [6, 6.07) is 10.5. The van der Waals surface area contributed by atoms with Crippen molar-refractivity contribution in [3.63, 3.8) is 0 Å². The lowest BCUT2D eigenvalue weighted by Gasteiger charge is -2.20. The Morgan fingerprint density at radius 2 is 1.91 bits per heavy atom. The predicted molar refractivity (Wildman–Crippen MR) is 94.4 cm³/mol. The molecule has 1 aromatic carbocycles. The summed E-state index contributed by atoms with van der Waals surface area (Å²) in [5.74, 6) is 1.01.